The molecule has 0 N–H and O–H groups in total. The molecule has 0 unspecified atom stereocenters. The second-order valence-electron chi connectivity index (χ2n) is 6.06. The van der Waals surface area contributed by atoms with Crippen LogP contribution in [0.4, 0.5) is 5.69 Å². The summed E-state index contributed by atoms with van der Waals surface area (Å²) in [5, 5.41) is 1.05. The van der Waals surface area contributed by atoms with Gasteiger partial charge in [0.1, 0.15) is 9.88 Å². The summed E-state index contributed by atoms with van der Waals surface area (Å²) in [6.45, 7) is 5.09. The maximum atomic E-state index is 12.8. The lowest BCUT2D eigenvalue weighted by atomic mass is 10.1. The third kappa shape index (κ3) is 3.79. The molecule has 0 bridgehead atoms. The number of para-hydroxylation sites is 1. The second-order valence-corrected chi connectivity index (χ2v) is 7.14. The molecule has 3 rings (SSSR count). The third-order valence-corrected chi connectivity index (χ3v) is 5.42. The molecular formula is C18H23N3OS. The van der Waals surface area contributed by atoms with E-state index in [0.29, 0.717) is 0 Å². The second kappa shape index (κ2) is 7.23. The van der Waals surface area contributed by atoms with Crippen molar-refractivity contribution < 1.29 is 4.79 Å². The van der Waals surface area contributed by atoms with Gasteiger partial charge in [0, 0.05) is 12.7 Å². The zero-order valence-corrected chi connectivity index (χ0v) is 14.6. The lowest BCUT2D eigenvalue weighted by molar-refractivity contribution is 0.0996. The number of rotatable bonds is 4. The Morgan fingerprint density at radius 2 is 1.91 bits per heavy atom. The highest BCUT2D eigenvalue weighted by atomic mass is 32.1. The van der Waals surface area contributed by atoms with Gasteiger partial charge in [0.15, 0.2) is 0 Å². The van der Waals surface area contributed by atoms with Crippen LogP contribution in [0.25, 0.3) is 0 Å². The normalized spacial score (nSPS) is 15.6. The van der Waals surface area contributed by atoms with Gasteiger partial charge in [-0.05, 0) is 45.0 Å². The Balaban J connectivity index is 1.73. The average molecular weight is 329 g/mol. The molecule has 0 aliphatic carbocycles. The van der Waals surface area contributed by atoms with Crippen LogP contribution in [0, 0.1) is 6.92 Å². The van der Waals surface area contributed by atoms with Gasteiger partial charge in [-0.3, -0.25) is 9.69 Å². The van der Waals surface area contributed by atoms with Crippen LogP contribution in [0.15, 0.2) is 30.3 Å². The predicted molar refractivity (Wildman–Crippen MR) is 95.2 cm³/mol. The molecule has 0 saturated carbocycles. The number of carbonyl (C=O) groups excluding carboxylic acids is 1. The molecule has 2 aromatic rings. The summed E-state index contributed by atoms with van der Waals surface area (Å²) in [6.07, 6.45) is 3.87. The smallest absolute Gasteiger partial charge is 0.270 e. The topological polar surface area (TPSA) is 36.4 Å². The van der Waals surface area contributed by atoms with E-state index in [2.05, 4.69) is 9.88 Å². The fraction of sp³-hybridized carbons (Fsp3) is 0.444. The number of hydrogen-bond donors (Lipinski definition) is 0. The van der Waals surface area contributed by atoms with Crippen LogP contribution in [0.3, 0.4) is 0 Å². The fourth-order valence-corrected chi connectivity index (χ4v) is 4.03. The van der Waals surface area contributed by atoms with E-state index in [1.54, 1.807) is 16.2 Å². The predicted octanol–water partition coefficient (Wildman–Crippen LogP) is 3.71. The molecule has 1 aliphatic heterocycles. The molecule has 5 heteroatoms. The van der Waals surface area contributed by atoms with Crippen molar-refractivity contribution in [2.45, 2.75) is 32.7 Å². The van der Waals surface area contributed by atoms with Gasteiger partial charge in [-0.1, -0.05) is 24.6 Å². The van der Waals surface area contributed by atoms with E-state index in [1.165, 1.54) is 19.3 Å². The van der Waals surface area contributed by atoms with Crippen molar-refractivity contribution >= 4 is 22.9 Å². The largest absolute Gasteiger partial charge is 0.311 e. The summed E-state index contributed by atoms with van der Waals surface area (Å²) in [6, 6.07) is 9.74. The molecule has 1 aliphatic rings. The molecule has 4 nitrogen and oxygen atoms in total. The van der Waals surface area contributed by atoms with Crippen LogP contribution >= 0.6 is 11.3 Å². The number of nitrogens with zero attached hydrogens (tertiary/aromatic N) is 3. The van der Waals surface area contributed by atoms with Crippen LogP contribution in [0.1, 0.15) is 39.6 Å². The molecule has 1 fully saturated rings. The van der Waals surface area contributed by atoms with E-state index in [0.717, 1.165) is 40.9 Å². The molecule has 0 radical (unpaired) electrons. The molecule has 1 amide bonds. The van der Waals surface area contributed by atoms with Crippen LogP contribution in [-0.4, -0.2) is 35.9 Å². The van der Waals surface area contributed by atoms with Crippen LogP contribution in [-0.2, 0) is 6.54 Å². The molecule has 23 heavy (non-hydrogen) atoms. The van der Waals surface area contributed by atoms with E-state index >= 15 is 0 Å². The minimum atomic E-state index is 0.0242. The number of aryl methyl sites for hydroxylation is 1. The summed E-state index contributed by atoms with van der Waals surface area (Å²) < 4.78 is 0. The molecule has 122 valence electrons. The Bertz CT molecular complexity index is 662. The van der Waals surface area contributed by atoms with Crippen LogP contribution in [0.2, 0.25) is 0 Å². The quantitative estimate of drug-likeness (QED) is 0.858. The lowest BCUT2D eigenvalue weighted by Gasteiger charge is -2.25. The molecule has 0 atom stereocenters. The average Bonchev–Trinajstić information content (AvgIpc) is 2.95. The van der Waals surface area contributed by atoms with Gasteiger partial charge in [-0.15, -0.1) is 11.3 Å². The van der Waals surface area contributed by atoms with E-state index in [1.807, 2.05) is 44.3 Å². The molecule has 1 aromatic heterocycles. The number of likely N-dealkylation sites (tertiary alicyclic amines) is 1. The van der Waals surface area contributed by atoms with Crippen molar-refractivity contribution in [1.82, 2.24) is 9.88 Å². The fourth-order valence-electron chi connectivity index (χ4n) is 2.95. The Labute approximate surface area is 141 Å². The highest BCUT2D eigenvalue weighted by molar-refractivity contribution is 7.13. The van der Waals surface area contributed by atoms with Crippen molar-refractivity contribution in [3.63, 3.8) is 0 Å². The van der Waals surface area contributed by atoms with Gasteiger partial charge in [0.25, 0.3) is 5.91 Å². The maximum absolute atomic E-state index is 12.8. The van der Waals surface area contributed by atoms with Crippen LogP contribution < -0.4 is 4.90 Å². The minimum Gasteiger partial charge on any atom is -0.311 e. The molecule has 1 saturated heterocycles. The Hall–Kier alpha value is -1.72. The Morgan fingerprint density at radius 1 is 1.22 bits per heavy atom. The number of thiazole rings is 1. The zero-order valence-electron chi connectivity index (χ0n) is 13.8. The number of benzene rings is 1. The van der Waals surface area contributed by atoms with E-state index in [9.17, 15) is 4.79 Å². The number of anilines is 1. The molecule has 1 aromatic carbocycles. The Kier molecular flexibility index (Phi) is 5.08. The number of piperidine rings is 1. The minimum absolute atomic E-state index is 0.0242. The van der Waals surface area contributed by atoms with Gasteiger partial charge in [0.2, 0.25) is 0 Å². The monoisotopic (exact) mass is 329 g/mol. The first-order valence-electron chi connectivity index (χ1n) is 8.17. The van der Waals surface area contributed by atoms with Gasteiger partial charge >= 0.3 is 0 Å². The third-order valence-electron chi connectivity index (χ3n) is 4.29. The Morgan fingerprint density at radius 3 is 2.61 bits per heavy atom. The van der Waals surface area contributed by atoms with E-state index in [-0.39, 0.29) is 5.91 Å². The molecule has 2 heterocycles. The van der Waals surface area contributed by atoms with Gasteiger partial charge in [-0.2, -0.15) is 0 Å². The lowest BCUT2D eigenvalue weighted by Crippen LogP contribution is -2.29. The van der Waals surface area contributed by atoms with Crippen molar-refractivity contribution in [3.05, 3.63) is 45.9 Å². The van der Waals surface area contributed by atoms with E-state index < -0.39 is 0 Å². The van der Waals surface area contributed by atoms with Crippen molar-refractivity contribution in [2.24, 2.45) is 0 Å². The SMILES string of the molecule is Cc1nc(CN2CCCCC2)sc1C(=O)N(C)c1ccccc1. The summed E-state index contributed by atoms with van der Waals surface area (Å²) in [5.74, 6) is 0.0242. The molecular weight excluding hydrogens is 306 g/mol. The first kappa shape index (κ1) is 16.1. The molecule has 0 spiro atoms. The highest BCUT2D eigenvalue weighted by Gasteiger charge is 2.21. The number of hydrogen-bond acceptors (Lipinski definition) is 4. The van der Waals surface area contributed by atoms with Crippen molar-refractivity contribution in [2.75, 3.05) is 25.0 Å². The van der Waals surface area contributed by atoms with Gasteiger partial charge in [0.05, 0.1) is 12.2 Å². The summed E-state index contributed by atoms with van der Waals surface area (Å²) in [5.41, 5.74) is 1.75. The highest BCUT2D eigenvalue weighted by Crippen LogP contribution is 2.24. The van der Waals surface area contributed by atoms with E-state index in [4.69, 9.17) is 0 Å². The maximum Gasteiger partial charge on any atom is 0.270 e. The summed E-state index contributed by atoms with van der Waals surface area (Å²) in [4.78, 5) is 22.3. The number of amides is 1. The van der Waals surface area contributed by atoms with Gasteiger partial charge in [-0.25, -0.2) is 4.98 Å². The summed E-state index contributed by atoms with van der Waals surface area (Å²) in [7, 11) is 1.82. The first-order valence-corrected chi connectivity index (χ1v) is 8.98. The first-order chi connectivity index (χ1) is 11.1. The van der Waals surface area contributed by atoms with Crippen molar-refractivity contribution in [1.29, 1.82) is 0 Å². The number of aromatic nitrogens is 1. The van der Waals surface area contributed by atoms with Crippen molar-refractivity contribution in [3.8, 4) is 0 Å². The van der Waals surface area contributed by atoms with Gasteiger partial charge < -0.3 is 4.90 Å². The zero-order chi connectivity index (χ0) is 16.2. The summed E-state index contributed by atoms with van der Waals surface area (Å²) >= 11 is 1.54. The number of carbonyl (C=O) groups is 1. The standard InChI is InChI=1S/C18H23N3OS/c1-14-17(18(22)20(2)15-9-5-3-6-10-15)23-16(19-14)13-21-11-7-4-8-12-21/h3,5-6,9-10H,4,7-8,11-13H2,1-2H3. The van der Waals surface area contributed by atoms with Crippen LogP contribution in [0.5, 0.6) is 0 Å².